The van der Waals surface area contributed by atoms with E-state index in [-0.39, 0.29) is 24.7 Å². The van der Waals surface area contributed by atoms with Crippen molar-refractivity contribution >= 4 is 51.0 Å². The zero-order valence-corrected chi connectivity index (χ0v) is 16.0. The maximum atomic E-state index is 11.9. The lowest BCUT2D eigenvalue weighted by molar-refractivity contribution is -0.124. The molecule has 2 aromatic rings. The van der Waals surface area contributed by atoms with Gasteiger partial charge < -0.3 is 10.1 Å². The normalized spacial score (nSPS) is 10.6. The van der Waals surface area contributed by atoms with Gasteiger partial charge in [0, 0.05) is 23.4 Å². The number of hydrogen-bond acceptors (Lipinski definition) is 5. The quantitative estimate of drug-likeness (QED) is 0.500. The smallest absolute Gasteiger partial charge is 0.240 e. The SMILES string of the molecule is CCOc1ccc(NC(=O)CCC(=O)NN=Cc2ccc(Br)s2)cc1. The number of hydrazone groups is 1. The zero-order chi connectivity index (χ0) is 18.1. The summed E-state index contributed by atoms with van der Waals surface area (Å²) in [6.07, 6.45) is 1.71. The Morgan fingerprint density at radius 1 is 1.16 bits per heavy atom. The number of thiophene rings is 1. The van der Waals surface area contributed by atoms with Crippen LogP contribution in [-0.4, -0.2) is 24.6 Å². The molecule has 0 aliphatic rings. The summed E-state index contributed by atoms with van der Waals surface area (Å²) in [6.45, 7) is 2.50. The first kappa shape index (κ1) is 19.1. The molecule has 0 radical (unpaired) electrons. The van der Waals surface area contributed by atoms with Crippen LogP contribution in [0.2, 0.25) is 0 Å². The van der Waals surface area contributed by atoms with Gasteiger partial charge in [0.1, 0.15) is 5.75 Å². The molecule has 0 unspecified atom stereocenters. The fourth-order valence-electron chi connectivity index (χ4n) is 1.87. The van der Waals surface area contributed by atoms with E-state index in [4.69, 9.17) is 4.74 Å². The second-order valence-electron chi connectivity index (χ2n) is 4.94. The first-order chi connectivity index (χ1) is 12.1. The number of anilines is 1. The summed E-state index contributed by atoms with van der Waals surface area (Å²) in [7, 11) is 0. The molecule has 0 saturated heterocycles. The lowest BCUT2D eigenvalue weighted by atomic mass is 10.2. The van der Waals surface area contributed by atoms with Gasteiger partial charge in [0.25, 0.3) is 0 Å². The van der Waals surface area contributed by atoms with Gasteiger partial charge in [-0.2, -0.15) is 5.10 Å². The molecule has 8 heteroatoms. The molecule has 0 aliphatic heterocycles. The van der Waals surface area contributed by atoms with Gasteiger partial charge in [-0.05, 0) is 59.3 Å². The van der Waals surface area contributed by atoms with E-state index in [0.717, 1.165) is 14.4 Å². The van der Waals surface area contributed by atoms with E-state index >= 15 is 0 Å². The molecule has 25 heavy (non-hydrogen) atoms. The van der Waals surface area contributed by atoms with Gasteiger partial charge in [-0.15, -0.1) is 11.3 Å². The van der Waals surface area contributed by atoms with Crippen LogP contribution in [0.15, 0.2) is 45.3 Å². The number of ether oxygens (including phenoxy) is 1. The second kappa shape index (κ2) is 9.95. The summed E-state index contributed by atoms with van der Waals surface area (Å²) in [4.78, 5) is 24.5. The van der Waals surface area contributed by atoms with Crippen LogP contribution in [0.3, 0.4) is 0 Å². The van der Waals surface area contributed by atoms with Crippen molar-refractivity contribution < 1.29 is 14.3 Å². The zero-order valence-electron chi connectivity index (χ0n) is 13.6. The van der Waals surface area contributed by atoms with E-state index in [0.29, 0.717) is 12.3 Å². The Morgan fingerprint density at radius 3 is 2.52 bits per heavy atom. The molecule has 1 aromatic carbocycles. The predicted octanol–water partition coefficient (Wildman–Crippen LogP) is 3.78. The van der Waals surface area contributed by atoms with E-state index in [1.165, 1.54) is 11.3 Å². The fraction of sp³-hybridized carbons (Fsp3) is 0.235. The highest BCUT2D eigenvalue weighted by atomic mass is 79.9. The number of nitrogens with zero attached hydrogens (tertiary/aromatic N) is 1. The Bertz CT molecular complexity index is 744. The molecule has 1 aromatic heterocycles. The number of carbonyl (C=O) groups excluding carboxylic acids is 2. The van der Waals surface area contributed by atoms with Crippen molar-refractivity contribution in [3.05, 3.63) is 45.1 Å². The van der Waals surface area contributed by atoms with Gasteiger partial charge in [0.05, 0.1) is 16.6 Å². The van der Waals surface area contributed by atoms with Crippen molar-refractivity contribution in [1.82, 2.24) is 5.43 Å². The van der Waals surface area contributed by atoms with Gasteiger partial charge in [0.2, 0.25) is 11.8 Å². The molecule has 0 spiro atoms. The van der Waals surface area contributed by atoms with Crippen molar-refractivity contribution in [1.29, 1.82) is 0 Å². The van der Waals surface area contributed by atoms with Crippen molar-refractivity contribution in [2.45, 2.75) is 19.8 Å². The average molecular weight is 424 g/mol. The van der Waals surface area contributed by atoms with Crippen molar-refractivity contribution in [3.63, 3.8) is 0 Å². The van der Waals surface area contributed by atoms with Gasteiger partial charge >= 0.3 is 0 Å². The number of halogens is 1. The number of benzene rings is 1. The van der Waals surface area contributed by atoms with Gasteiger partial charge in [0.15, 0.2) is 0 Å². The molecule has 0 bridgehead atoms. The van der Waals surface area contributed by atoms with E-state index < -0.39 is 0 Å². The minimum atomic E-state index is -0.311. The van der Waals surface area contributed by atoms with E-state index in [2.05, 4.69) is 31.8 Å². The summed E-state index contributed by atoms with van der Waals surface area (Å²) < 4.78 is 6.33. The molecule has 2 amide bonds. The van der Waals surface area contributed by atoms with Crippen LogP contribution in [0.5, 0.6) is 5.75 Å². The third-order valence-electron chi connectivity index (χ3n) is 3.00. The van der Waals surface area contributed by atoms with Crippen LogP contribution in [0.4, 0.5) is 5.69 Å². The minimum absolute atomic E-state index is 0.0638. The maximum Gasteiger partial charge on any atom is 0.240 e. The number of hydrogen-bond donors (Lipinski definition) is 2. The number of carbonyl (C=O) groups is 2. The Labute approximate surface area is 158 Å². The molecular formula is C17H18BrN3O3S. The summed E-state index contributed by atoms with van der Waals surface area (Å²) >= 11 is 4.86. The Balaban J connectivity index is 1.70. The van der Waals surface area contributed by atoms with E-state index in [9.17, 15) is 9.59 Å². The highest BCUT2D eigenvalue weighted by Crippen LogP contribution is 2.20. The second-order valence-corrected chi connectivity index (χ2v) is 7.44. The summed E-state index contributed by atoms with van der Waals surface area (Å²) in [5.41, 5.74) is 3.07. The predicted molar refractivity (Wildman–Crippen MR) is 103 cm³/mol. The highest BCUT2D eigenvalue weighted by molar-refractivity contribution is 9.11. The van der Waals surface area contributed by atoms with Crippen LogP contribution in [-0.2, 0) is 9.59 Å². The summed E-state index contributed by atoms with van der Waals surface area (Å²) in [5, 5.41) is 6.60. The number of nitrogens with one attached hydrogen (secondary N) is 2. The molecule has 2 N–H and O–H groups in total. The van der Waals surface area contributed by atoms with Crippen molar-refractivity contribution in [2.75, 3.05) is 11.9 Å². The Hall–Kier alpha value is -2.19. The molecule has 132 valence electrons. The molecule has 0 aliphatic carbocycles. The molecule has 0 fully saturated rings. The van der Waals surface area contributed by atoms with Crippen LogP contribution in [0.1, 0.15) is 24.6 Å². The summed E-state index contributed by atoms with van der Waals surface area (Å²) in [5.74, 6) is 0.203. The van der Waals surface area contributed by atoms with E-state index in [1.54, 1.807) is 30.5 Å². The number of amides is 2. The topological polar surface area (TPSA) is 79.8 Å². The largest absolute Gasteiger partial charge is 0.494 e. The Morgan fingerprint density at radius 2 is 1.88 bits per heavy atom. The molecule has 6 nitrogen and oxygen atoms in total. The standard InChI is InChI=1S/C17H18BrN3O3S/c1-2-24-13-5-3-12(4-6-13)20-16(22)9-10-17(23)21-19-11-14-7-8-15(18)25-14/h3-8,11H,2,9-10H2,1H3,(H,20,22)(H,21,23). The van der Waals surface area contributed by atoms with Gasteiger partial charge in [-0.3, -0.25) is 9.59 Å². The van der Waals surface area contributed by atoms with Gasteiger partial charge in [-0.25, -0.2) is 5.43 Å². The maximum absolute atomic E-state index is 11.9. The van der Waals surface area contributed by atoms with Crippen molar-refractivity contribution in [3.8, 4) is 5.75 Å². The average Bonchev–Trinajstić information content (AvgIpc) is 3.00. The first-order valence-electron chi connectivity index (χ1n) is 7.67. The monoisotopic (exact) mass is 423 g/mol. The fourth-order valence-corrected chi connectivity index (χ4v) is 3.17. The van der Waals surface area contributed by atoms with E-state index in [1.807, 2.05) is 19.1 Å². The molecule has 2 rings (SSSR count). The van der Waals surface area contributed by atoms with Crippen LogP contribution in [0, 0.1) is 0 Å². The van der Waals surface area contributed by atoms with Crippen LogP contribution >= 0.6 is 27.3 Å². The highest BCUT2D eigenvalue weighted by Gasteiger charge is 2.07. The Kier molecular flexibility index (Phi) is 7.62. The van der Waals surface area contributed by atoms with Gasteiger partial charge in [-0.1, -0.05) is 0 Å². The number of rotatable bonds is 8. The lowest BCUT2D eigenvalue weighted by Crippen LogP contribution is -2.20. The third kappa shape index (κ3) is 7.06. The van der Waals surface area contributed by atoms with Crippen LogP contribution < -0.4 is 15.5 Å². The lowest BCUT2D eigenvalue weighted by Gasteiger charge is -2.07. The third-order valence-corrected chi connectivity index (χ3v) is 4.56. The molecule has 0 saturated carbocycles. The van der Waals surface area contributed by atoms with Crippen LogP contribution in [0.25, 0.3) is 0 Å². The molecular weight excluding hydrogens is 406 g/mol. The summed E-state index contributed by atoms with van der Waals surface area (Å²) in [6, 6.07) is 10.9. The minimum Gasteiger partial charge on any atom is -0.494 e. The first-order valence-corrected chi connectivity index (χ1v) is 9.27. The van der Waals surface area contributed by atoms with Crippen molar-refractivity contribution in [2.24, 2.45) is 5.10 Å². The molecule has 0 atom stereocenters. The molecule has 1 heterocycles.